The van der Waals surface area contributed by atoms with Crippen molar-refractivity contribution in [3.05, 3.63) is 41.5 Å². The van der Waals surface area contributed by atoms with Crippen LogP contribution in [0.4, 0.5) is 0 Å². The molecule has 2 saturated carbocycles. The van der Waals surface area contributed by atoms with Gasteiger partial charge in [0.1, 0.15) is 0 Å². The number of hydrogen-bond donors (Lipinski definition) is 0. The molecule has 3 aliphatic rings. The van der Waals surface area contributed by atoms with Crippen LogP contribution in [-0.4, -0.2) is 5.78 Å². The van der Waals surface area contributed by atoms with Crippen LogP contribution in [0.25, 0.3) is 5.57 Å². The number of ketones is 1. The van der Waals surface area contributed by atoms with Crippen molar-refractivity contribution in [2.45, 2.75) is 44.9 Å². The van der Waals surface area contributed by atoms with Crippen molar-refractivity contribution in [3.63, 3.8) is 0 Å². The van der Waals surface area contributed by atoms with Gasteiger partial charge in [-0.3, -0.25) is 4.79 Å². The maximum atomic E-state index is 12.9. The van der Waals surface area contributed by atoms with Crippen LogP contribution in [0.15, 0.2) is 35.9 Å². The summed E-state index contributed by atoms with van der Waals surface area (Å²) in [6, 6.07) is 10.4. The summed E-state index contributed by atoms with van der Waals surface area (Å²) >= 11 is 0. The normalized spacial score (nSPS) is 28.4. The molecule has 0 bridgehead atoms. The van der Waals surface area contributed by atoms with Crippen molar-refractivity contribution in [3.8, 4) is 0 Å². The summed E-state index contributed by atoms with van der Waals surface area (Å²) in [6.07, 6.45) is 8.59. The third-order valence-electron chi connectivity index (χ3n) is 5.38. The molecule has 0 amide bonds. The summed E-state index contributed by atoms with van der Waals surface area (Å²) < 4.78 is 0. The molecule has 98 valence electrons. The lowest BCUT2D eigenvalue weighted by Crippen LogP contribution is -2.19. The molecule has 1 nitrogen and oxygen atoms in total. The van der Waals surface area contributed by atoms with Crippen LogP contribution in [0.1, 0.15) is 50.5 Å². The lowest BCUT2D eigenvalue weighted by Gasteiger charge is -2.18. The van der Waals surface area contributed by atoms with E-state index < -0.39 is 0 Å². The highest BCUT2D eigenvalue weighted by Gasteiger charge is 2.61. The Hall–Kier alpha value is -1.37. The van der Waals surface area contributed by atoms with Crippen molar-refractivity contribution in [1.29, 1.82) is 0 Å². The van der Waals surface area contributed by atoms with Gasteiger partial charge in [-0.2, -0.15) is 0 Å². The Labute approximate surface area is 114 Å². The van der Waals surface area contributed by atoms with Crippen molar-refractivity contribution >= 4 is 11.4 Å². The minimum atomic E-state index is 0.0465. The van der Waals surface area contributed by atoms with Crippen LogP contribution in [0.2, 0.25) is 0 Å². The highest BCUT2D eigenvalue weighted by atomic mass is 16.1. The number of fused-ring (bicyclic) bond motifs is 2. The Balaban J connectivity index is 1.86. The van der Waals surface area contributed by atoms with E-state index in [0.717, 1.165) is 30.4 Å². The van der Waals surface area contributed by atoms with Crippen LogP contribution < -0.4 is 0 Å². The first-order chi connectivity index (χ1) is 9.33. The van der Waals surface area contributed by atoms with Gasteiger partial charge in [-0.25, -0.2) is 0 Å². The van der Waals surface area contributed by atoms with Gasteiger partial charge in [-0.05, 0) is 43.6 Å². The van der Waals surface area contributed by atoms with Gasteiger partial charge >= 0.3 is 0 Å². The van der Waals surface area contributed by atoms with Crippen molar-refractivity contribution in [2.75, 3.05) is 0 Å². The molecule has 4 rings (SSSR count). The monoisotopic (exact) mass is 252 g/mol. The number of carbonyl (C=O) groups is 1. The van der Waals surface area contributed by atoms with Crippen LogP contribution in [0.3, 0.4) is 0 Å². The minimum absolute atomic E-state index is 0.0465. The molecule has 1 spiro atoms. The number of Topliss-reactive ketones (excluding diaryl/α,β-unsaturated/α-hetero) is 1. The maximum Gasteiger partial charge on any atom is 0.170 e. The standard InChI is InChI=1S/C18H20O/c19-17-16(13-7-3-1-4-8-13)14-9-5-2-6-10-15(14)18(17)11-12-18/h1,3-4,7-8,15H,2,5-6,9-12H2. The minimum Gasteiger partial charge on any atom is -0.294 e. The molecule has 0 radical (unpaired) electrons. The second-order valence-electron chi connectivity index (χ2n) is 6.40. The molecule has 0 aromatic heterocycles. The Kier molecular flexibility index (Phi) is 2.45. The smallest absolute Gasteiger partial charge is 0.170 e. The van der Waals surface area contributed by atoms with E-state index in [-0.39, 0.29) is 5.41 Å². The first kappa shape index (κ1) is 11.5. The van der Waals surface area contributed by atoms with Gasteiger partial charge in [-0.1, -0.05) is 48.7 Å². The molecule has 0 heterocycles. The van der Waals surface area contributed by atoms with Crippen molar-refractivity contribution in [1.82, 2.24) is 0 Å². The molecule has 2 fully saturated rings. The fraction of sp³-hybridized carbons (Fsp3) is 0.500. The van der Waals surface area contributed by atoms with E-state index in [2.05, 4.69) is 24.3 Å². The Bertz CT molecular complexity index is 548. The number of carbonyl (C=O) groups excluding carboxylic acids is 1. The number of allylic oxidation sites excluding steroid dienone is 2. The highest BCUT2D eigenvalue weighted by Crippen LogP contribution is 2.65. The molecule has 1 aromatic carbocycles. The topological polar surface area (TPSA) is 17.1 Å². The Morgan fingerprint density at radius 3 is 2.53 bits per heavy atom. The quantitative estimate of drug-likeness (QED) is 0.724. The molecule has 0 saturated heterocycles. The highest BCUT2D eigenvalue weighted by molar-refractivity contribution is 6.27. The number of benzene rings is 1. The van der Waals surface area contributed by atoms with E-state index in [0.29, 0.717) is 11.7 Å². The fourth-order valence-corrected chi connectivity index (χ4v) is 4.28. The predicted octanol–water partition coefficient (Wildman–Crippen LogP) is 4.38. The summed E-state index contributed by atoms with van der Waals surface area (Å²) in [5.74, 6) is 1.05. The lowest BCUT2D eigenvalue weighted by atomic mass is 9.84. The third-order valence-corrected chi connectivity index (χ3v) is 5.38. The van der Waals surface area contributed by atoms with Gasteiger partial charge in [0, 0.05) is 11.0 Å². The molecule has 0 N–H and O–H groups in total. The summed E-state index contributed by atoms with van der Waals surface area (Å²) in [7, 11) is 0. The average Bonchev–Trinajstić information content (AvgIpc) is 3.21. The molecule has 0 aliphatic heterocycles. The fourth-order valence-electron chi connectivity index (χ4n) is 4.28. The van der Waals surface area contributed by atoms with Crippen molar-refractivity contribution < 1.29 is 4.79 Å². The van der Waals surface area contributed by atoms with E-state index in [9.17, 15) is 4.79 Å². The van der Waals surface area contributed by atoms with E-state index >= 15 is 0 Å². The van der Waals surface area contributed by atoms with E-state index in [4.69, 9.17) is 0 Å². The second kappa shape index (κ2) is 4.06. The van der Waals surface area contributed by atoms with Crippen LogP contribution >= 0.6 is 0 Å². The zero-order valence-corrected chi connectivity index (χ0v) is 11.3. The summed E-state index contributed by atoms with van der Waals surface area (Å²) in [5, 5.41) is 0. The summed E-state index contributed by atoms with van der Waals surface area (Å²) in [6.45, 7) is 0. The van der Waals surface area contributed by atoms with E-state index in [1.165, 1.54) is 31.3 Å². The second-order valence-corrected chi connectivity index (χ2v) is 6.40. The molecule has 1 atom stereocenters. The van der Waals surface area contributed by atoms with E-state index in [1.54, 1.807) is 0 Å². The van der Waals surface area contributed by atoms with Gasteiger partial charge < -0.3 is 0 Å². The van der Waals surface area contributed by atoms with Crippen LogP contribution in [-0.2, 0) is 4.79 Å². The Morgan fingerprint density at radius 1 is 1.00 bits per heavy atom. The zero-order valence-electron chi connectivity index (χ0n) is 11.3. The summed E-state index contributed by atoms with van der Waals surface area (Å²) in [4.78, 5) is 12.9. The lowest BCUT2D eigenvalue weighted by molar-refractivity contribution is -0.118. The van der Waals surface area contributed by atoms with Gasteiger partial charge in [0.15, 0.2) is 5.78 Å². The van der Waals surface area contributed by atoms with Gasteiger partial charge in [0.25, 0.3) is 0 Å². The molecular weight excluding hydrogens is 232 g/mol. The molecular formula is C18H20O. The van der Waals surface area contributed by atoms with Crippen molar-refractivity contribution in [2.24, 2.45) is 11.3 Å². The molecule has 19 heavy (non-hydrogen) atoms. The van der Waals surface area contributed by atoms with Gasteiger partial charge in [0.2, 0.25) is 0 Å². The molecule has 1 aromatic rings. The maximum absolute atomic E-state index is 12.9. The number of rotatable bonds is 1. The predicted molar refractivity (Wildman–Crippen MR) is 76.6 cm³/mol. The first-order valence-corrected chi connectivity index (χ1v) is 7.66. The van der Waals surface area contributed by atoms with Crippen LogP contribution in [0, 0.1) is 11.3 Å². The Morgan fingerprint density at radius 2 is 1.79 bits per heavy atom. The zero-order chi connectivity index (χ0) is 12.9. The largest absolute Gasteiger partial charge is 0.294 e. The van der Waals surface area contributed by atoms with Gasteiger partial charge in [0.05, 0.1) is 0 Å². The number of hydrogen-bond acceptors (Lipinski definition) is 1. The molecule has 1 unspecified atom stereocenters. The molecule has 1 heteroatoms. The van der Waals surface area contributed by atoms with E-state index in [1.807, 2.05) is 6.07 Å². The van der Waals surface area contributed by atoms with Crippen LogP contribution in [0.5, 0.6) is 0 Å². The first-order valence-electron chi connectivity index (χ1n) is 7.66. The molecule has 3 aliphatic carbocycles. The van der Waals surface area contributed by atoms with Gasteiger partial charge in [-0.15, -0.1) is 0 Å². The summed E-state index contributed by atoms with van der Waals surface area (Å²) in [5.41, 5.74) is 3.82. The third kappa shape index (κ3) is 1.57. The SMILES string of the molecule is O=C1C(c2ccccc2)=C2CCCCCC2C12CC2. The average molecular weight is 252 g/mol.